The molecule has 5 fully saturated rings. The van der Waals surface area contributed by atoms with Gasteiger partial charge in [0.25, 0.3) is 0 Å². The lowest BCUT2D eigenvalue weighted by molar-refractivity contribution is -0.126. The van der Waals surface area contributed by atoms with Gasteiger partial charge in [0.2, 0.25) is 15.9 Å². The molecule has 0 radical (unpaired) electrons. The van der Waals surface area contributed by atoms with Crippen molar-refractivity contribution in [3.05, 3.63) is 0 Å². The van der Waals surface area contributed by atoms with E-state index in [9.17, 15) is 13.2 Å². The molecule has 142 valence electrons. The van der Waals surface area contributed by atoms with Crippen LogP contribution in [0.5, 0.6) is 0 Å². The molecule has 5 nitrogen and oxygen atoms in total. The first kappa shape index (κ1) is 18.2. The number of carbonyl (C=O) groups excluding carboxylic acids is 1. The van der Waals surface area contributed by atoms with Gasteiger partial charge < -0.3 is 4.74 Å². The number of hydrogen-bond acceptors (Lipinski definition) is 4. The van der Waals surface area contributed by atoms with E-state index in [-0.39, 0.29) is 27.5 Å². The summed E-state index contributed by atoms with van der Waals surface area (Å²) in [6.45, 7) is 0.618. The van der Waals surface area contributed by atoms with E-state index in [0.717, 1.165) is 38.5 Å². The summed E-state index contributed by atoms with van der Waals surface area (Å²) in [5, 5.41) is 0. The van der Waals surface area contributed by atoms with Crippen LogP contribution in [0.25, 0.3) is 0 Å². The molecule has 25 heavy (non-hydrogen) atoms. The van der Waals surface area contributed by atoms with Crippen molar-refractivity contribution in [1.29, 1.82) is 0 Å². The van der Waals surface area contributed by atoms with Crippen molar-refractivity contribution in [1.82, 2.24) is 4.72 Å². The van der Waals surface area contributed by atoms with Crippen LogP contribution in [0.15, 0.2) is 0 Å². The highest BCUT2D eigenvalue weighted by molar-refractivity contribution is 9.10. The largest absolute Gasteiger partial charge is 0.377 e. The molecular formula is C18H28BrNO4S. The molecule has 7 heteroatoms. The monoisotopic (exact) mass is 433 g/mol. The van der Waals surface area contributed by atoms with E-state index in [1.807, 2.05) is 0 Å². The fourth-order valence-electron chi connectivity index (χ4n) is 6.32. The zero-order valence-electron chi connectivity index (χ0n) is 14.6. The molecule has 0 aromatic rings. The third-order valence-electron chi connectivity index (χ3n) is 6.60. The molecule has 4 bridgehead atoms. The Morgan fingerprint density at radius 2 is 1.88 bits per heavy atom. The lowest BCUT2D eigenvalue weighted by Gasteiger charge is -2.60. The lowest BCUT2D eigenvalue weighted by Crippen LogP contribution is -2.54. The van der Waals surface area contributed by atoms with Gasteiger partial charge in [-0.3, -0.25) is 9.52 Å². The van der Waals surface area contributed by atoms with Crippen molar-refractivity contribution in [2.24, 2.45) is 17.3 Å². The summed E-state index contributed by atoms with van der Waals surface area (Å²) in [7, 11) is -3.62. The highest BCUT2D eigenvalue weighted by atomic mass is 79.9. The predicted molar refractivity (Wildman–Crippen MR) is 98.9 cm³/mol. The molecule has 5 aliphatic rings. The van der Waals surface area contributed by atoms with E-state index in [0.29, 0.717) is 24.9 Å². The number of rotatable bonds is 5. The van der Waals surface area contributed by atoms with E-state index in [2.05, 4.69) is 20.7 Å². The van der Waals surface area contributed by atoms with Gasteiger partial charge in [-0.1, -0.05) is 15.9 Å². The van der Waals surface area contributed by atoms with Crippen molar-refractivity contribution in [3.63, 3.8) is 0 Å². The number of nitrogens with one attached hydrogen (secondary N) is 1. The van der Waals surface area contributed by atoms with Gasteiger partial charge in [-0.2, -0.15) is 0 Å². The number of halogens is 1. The Morgan fingerprint density at radius 1 is 1.16 bits per heavy atom. The Balaban J connectivity index is 1.37. The van der Waals surface area contributed by atoms with Crippen LogP contribution in [-0.4, -0.2) is 37.1 Å². The molecule has 4 saturated carbocycles. The summed E-state index contributed by atoms with van der Waals surface area (Å²) in [6, 6.07) is 0. The van der Waals surface area contributed by atoms with Gasteiger partial charge in [0, 0.05) is 17.4 Å². The second-order valence-corrected chi connectivity index (χ2v) is 12.5. The Labute approximate surface area is 158 Å². The van der Waals surface area contributed by atoms with E-state index in [4.69, 9.17) is 4.74 Å². The van der Waals surface area contributed by atoms with Crippen LogP contribution in [0.4, 0.5) is 0 Å². The van der Waals surface area contributed by atoms with E-state index >= 15 is 0 Å². The minimum atomic E-state index is -3.62. The third-order valence-corrected chi connectivity index (χ3v) is 8.87. The fraction of sp³-hybridized carbons (Fsp3) is 0.944. The van der Waals surface area contributed by atoms with Crippen molar-refractivity contribution < 1.29 is 17.9 Å². The van der Waals surface area contributed by atoms with Crippen LogP contribution >= 0.6 is 15.9 Å². The van der Waals surface area contributed by atoms with Crippen molar-refractivity contribution in [2.45, 2.75) is 74.6 Å². The van der Waals surface area contributed by atoms with Crippen molar-refractivity contribution in [3.8, 4) is 0 Å². The average Bonchev–Trinajstić information content (AvgIpc) is 2.43. The highest BCUT2D eigenvalue weighted by Crippen LogP contribution is 2.65. The van der Waals surface area contributed by atoms with Crippen LogP contribution in [0.2, 0.25) is 0 Å². The highest BCUT2D eigenvalue weighted by Gasteiger charge is 2.57. The smallest absolute Gasteiger partial charge is 0.237 e. The number of carbonyl (C=O) groups is 1. The molecule has 3 atom stereocenters. The molecule has 0 aromatic heterocycles. The normalized spacial score (nSPS) is 43.2. The second-order valence-electron chi connectivity index (χ2n) is 9.08. The number of sulfonamides is 1. The van der Waals surface area contributed by atoms with Crippen molar-refractivity contribution >= 4 is 31.9 Å². The minimum absolute atomic E-state index is 0.00543. The number of ether oxygens (including phenoxy) is 1. The molecule has 4 aliphatic carbocycles. The van der Waals surface area contributed by atoms with Gasteiger partial charge in [0.05, 0.1) is 11.9 Å². The fourth-order valence-corrected chi connectivity index (χ4v) is 9.08. The SMILES string of the molecule is O=C(CC12CC3CC(CC(Br)(C3)C1)C2)NS(=O)(=O)CC1CCCCO1. The maximum Gasteiger partial charge on any atom is 0.237 e. The molecule has 1 saturated heterocycles. The van der Waals surface area contributed by atoms with Gasteiger partial charge >= 0.3 is 0 Å². The minimum Gasteiger partial charge on any atom is -0.377 e. The number of hydrogen-bond donors (Lipinski definition) is 1. The predicted octanol–water partition coefficient (Wildman–Crippen LogP) is 3.13. The molecule has 0 spiro atoms. The van der Waals surface area contributed by atoms with Crippen LogP contribution in [0, 0.1) is 17.3 Å². The summed E-state index contributed by atoms with van der Waals surface area (Å²) in [5.74, 6) is 0.967. The maximum absolute atomic E-state index is 12.5. The zero-order chi connectivity index (χ0) is 17.7. The van der Waals surface area contributed by atoms with Gasteiger partial charge in [0.15, 0.2) is 0 Å². The van der Waals surface area contributed by atoms with Crippen LogP contribution in [0.3, 0.4) is 0 Å². The number of amides is 1. The van der Waals surface area contributed by atoms with Gasteiger partial charge in [-0.15, -0.1) is 0 Å². The molecule has 1 amide bonds. The summed E-state index contributed by atoms with van der Waals surface area (Å²) in [5.41, 5.74) is -0.00543. The summed E-state index contributed by atoms with van der Waals surface area (Å²) < 4.78 is 32.7. The molecule has 0 aromatic carbocycles. The Morgan fingerprint density at radius 3 is 2.48 bits per heavy atom. The number of alkyl halides is 1. The topological polar surface area (TPSA) is 72.5 Å². The summed E-state index contributed by atoms with van der Waals surface area (Å²) in [4.78, 5) is 12.5. The Kier molecular flexibility index (Phi) is 4.73. The maximum atomic E-state index is 12.5. The van der Waals surface area contributed by atoms with E-state index in [1.165, 1.54) is 19.3 Å². The van der Waals surface area contributed by atoms with Crippen LogP contribution < -0.4 is 4.72 Å². The zero-order valence-corrected chi connectivity index (χ0v) is 17.0. The Hall–Kier alpha value is -0.140. The summed E-state index contributed by atoms with van der Waals surface area (Å²) in [6.07, 6.45) is 9.69. The summed E-state index contributed by atoms with van der Waals surface area (Å²) >= 11 is 3.94. The molecule has 1 heterocycles. The molecule has 1 aliphatic heterocycles. The first-order chi connectivity index (χ1) is 11.8. The second kappa shape index (κ2) is 6.48. The Bertz CT molecular complexity index is 629. The van der Waals surface area contributed by atoms with E-state index < -0.39 is 10.0 Å². The quantitative estimate of drug-likeness (QED) is 0.675. The molecular weight excluding hydrogens is 406 g/mol. The van der Waals surface area contributed by atoms with Crippen LogP contribution in [0.1, 0.15) is 64.2 Å². The van der Waals surface area contributed by atoms with Crippen molar-refractivity contribution in [2.75, 3.05) is 12.4 Å². The van der Waals surface area contributed by atoms with Gasteiger partial charge in [-0.25, -0.2) is 8.42 Å². The molecule has 5 rings (SSSR count). The van der Waals surface area contributed by atoms with Crippen LogP contribution in [-0.2, 0) is 19.6 Å². The average molecular weight is 434 g/mol. The molecule has 3 unspecified atom stereocenters. The standard InChI is InChI=1S/C18H28BrNO4S/c19-18-8-13-5-14(9-18)7-17(6-13,12-18)10-16(21)20-25(22,23)11-15-3-1-2-4-24-15/h13-15H,1-12H2,(H,20,21). The van der Waals surface area contributed by atoms with Gasteiger partial charge in [0.1, 0.15) is 0 Å². The third kappa shape index (κ3) is 4.08. The lowest BCUT2D eigenvalue weighted by atomic mass is 9.48. The molecule has 1 N–H and O–H groups in total. The first-order valence-electron chi connectivity index (χ1n) is 9.59. The first-order valence-corrected chi connectivity index (χ1v) is 12.0. The van der Waals surface area contributed by atoms with Gasteiger partial charge in [-0.05, 0) is 75.0 Å². The van der Waals surface area contributed by atoms with E-state index in [1.54, 1.807) is 0 Å².